The fourth-order valence-corrected chi connectivity index (χ4v) is 2.59. The first-order chi connectivity index (χ1) is 10.2. The smallest absolute Gasteiger partial charge is 0.124 e. The van der Waals surface area contributed by atoms with Gasteiger partial charge in [-0.05, 0) is 47.9 Å². The Balaban J connectivity index is 1.67. The number of benzene rings is 2. The number of phenols is 1. The fraction of sp³-hybridized carbons (Fsp3) is 0.294. The van der Waals surface area contributed by atoms with Gasteiger partial charge < -0.3 is 14.6 Å². The van der Waals surface area contributed by atoms with Gasteiger partial charge in [0.2, 0.25) is 0 Å². The summed E-state index contributed by atoms with van der Waals surface area (Å²) in [5.74, 6) is 1.09. The van der Waals surface area contributed by atoms with Crippen LogP contribution in [-0.2, 0) is 11.2 Å². The van der Waals surface area contributed by atoms with E-state index >= 15 is 0 Å². The summed E-state index contributed by atoms with van der Waals surface area (Å²) in [5.41, 5.74) is 2.03. The number of hydrogen-bond acceptors (Lipinski definition) is 3. The van der Waals surface area contributed by atoms with Gasteiger partial charge in [0.05, 0.1) is 13.2 Å². The molecule has 1 atom stereocenters. The van der Waals surface area contributed by atoms with Gasteiger partial charge in [-0.2, -0.15) is 0 Å². The molecule has 110 valence electrons. The summed E-state index contributed by atoms with van der Waals surface area (Å²) in [4.78, 5) is 0. The Morgan fingerprint density at radius 2 is 2.00 bits per heavy atom. The van der Waals surface area contributed by atoms with Crippen molar-refractivity contribution in [3.63, 3.8) is 0 Å². The Bertz CT molecular complexity index is 604. The van der Waals surface area contributed by atoms with E-state index in [-0.39, 0.29) is 11.9 Å². The van der Waals surface area contributed by atoms with Crippen molar-refractivity contribution in [2.45, 2.75) is 18.9 Å². The van der Waals surface area contributed by atoms with E-state index in [0.29, 0.717) is 18.1 Å². The zero-order chi connectivity index (χ0) is 14.7. The van der Waals surface area contributed by atoms with E-state index in [1.807, 2.05) is 24.3 Å². The van der Waals surface area contributed by atoms with E-state index in [2.05, 4.69) is 0 Å². The zero-order valence-corrected chi connectivity index (χ0v) is 12.3. The summed E-state index contributed by atoms with van der Waals surface area (Å²) in [6, 6.07) is 13.0. The van der Waals surface area contributed by atoms with Crippen molar-refractivity contribution in [2.24, 2.45) is 0 Å². The van der Waals surface area contributed by atoms with Crippen molar-refractivity contribution < 1.29 is 14.6 Å². The molecule has 0 aromatic heterocycles. The third-order valence-electron chi connectivity index (χ3n) is 3.54. The Labute approximate surface area is 129 Å². The number of halogens is 1. The Hall–Kier alpha value is -1.71. The molecule has 0 aliphatic carbocycles. The molecule has 21 heavy (non-hydrogen) atoms. The largest absolute Gasteiger partial charge is 0.508 e. The molecule has 0 bridgehead atoms. The Kier molecular flexibility index (Phi) is 4.32. The number of aromatic hydroxyl groups is 1. The molecule has 2 aromatic rings. The number of hydrogen-bond donors (Lipinski definition) is 1. The van der Waals surface area contributed by atoms with Crippen LogP contribution in [0.2, 0.25) is 5.02 Å². The van der Waals surface area contributed by atoms with Crippen molar-refractivity contribution in [1.29, 1.82) is 0 Å². The van der Waals surface area contributed by atoms with Gasteiger partial charge in [0.1, 0.15) is 17.6 Å². The maximum atomic E-state index is 9.53. The number of ether oxygens (including phenoxy) is 2. The Morgan fingerprint density at radius 1 is 1.19 bits per heavy atom. The summed E-state index contributed by atoms with van der Waals surface area (Å²) in [7, 11) is 0. The molecule has 0 radical (unpaired) electrons. The van der Waals surface area contributed by atoms with E-state index in [9.17, 15) is 5.11 Å². The lowest BCUT2D eigenvalue weighted by Crippen LogP contribution is -2.15. The summed E-state index contributed by atoms with van der Waals surface area (Å²) in [6.07, 6.45) is 1.79. The highest BCUT2D eigenvalue weighted by molar-refractivity contribution is 6.31. The average molecular weight is 305 g/mol. The molecule has 0 spiro atoms. The first-order valence-electron chi connectivity index (χ1n) is 7.01. The molecule has 1 saturated heterocycles. The minimum atomic E-state index is 0.163. The van der Waals surface area contributed by atoms with Gasteiger partial charge in [-0.1, -0.05) is 23.7 Å². The third-order valence-corrected chi connectivity index (χ3v) is 3.91. The highest BCUT2D eigenvalue weighted by Crippen LogP contribution is 2.25. The van der Waals surface area contributed by atoms with Crippen molar-refractivity contribution in [1.82, 2.24) is 0 Å². The van der Waals surface area contributed by atoms with Crippen LogP contribution in [0.3, 0.4) is 0 Å². The predicted molar refractivity (Wildman–Crippen MR) is 82.2 cm³/mol. The van der Waals surface area contributed by atoms with Gasteiger partial charge in [0.15, 0.2) is 0 Å². The molecule has 3 nitrogen and oxygen atoms in total. The molecule has 1 aliphatic heterocycles. The summed E-state index contributed by atoms with van der Waals surface area (Å²) < 4.78 is 11.1. The maximum absolute atomic E-state index is 9.53. The van der Waals surface area contributed by atoms with E-state index in [1.54, 1.807) is 18.2 Å². The first-order valence-corrected chi connectivity index (χ1v) is 7.39. The SMILES string of the molecule is Oc1ccc(Cl)c(Cc2ccc(O[C@H]3CCOC3)cc2)c1. The van der Waals surface area contributed by atoms with Crippen LogP contribution in [0.1, 0.15) is 17.5 Å². The quantitative estimate of drug-likeness (QED) is 0.933. The van der Waals surface area contributed by atoms with Gasteiger partial charge in [-0.3, -0.25) is 0 Å². The molecular weight excluding hydrogens is 288 g/mol. The summed E-state index contributed by atoms with van der Waals surface area (Å²) in [5, 5.41) is 10.2. The summed E-state index contributed by atoms with van der Waals surface area (Å²) in [6.45, 7) is 1.44. The van der Waals surface area contributed by atoms with Crippen LogP contribution < -0.4 is 4.74 Å². The first kappa shape index (κ1) is 14.2. The van der Waals surface area contributed by atoms with Crippen molar-refractivity contribution in [3.05, 3.63) is 58.6 Å². The molecule has 4 heteroatoms. The van der Waals surface area contributed by atoms with Crippen LogP contribution in [0.25, 0.3) is 0 Å². The van der Waals surface area contributed by atoms with Crippen molar-refractivity contribution >= 4 is 11.6 Å². The maximum Gasteiger partial charge on any atom is 0.124 e. The molecule has 0 saturated carbocycles. The third kappa shape index (κ3) is 3.69. The summed E-state index contributed by atoms with van der Waals surface area (Å²) >= 11 is 6.14. The van der Waals surface area contributed by atoms with Crippen LogP contribution in [-0.4, -0.2) is 24.4 Å². The molecule has 1 N–H and O–H groups in total. The van der Waals surface area contributed by atoms with Crippen LogP contribution in [0.15, 0.2) is 42.5 Å². The Morgan fingerprint density at radius 3 is 2.71 bits per heavy atom. The predicted octanol–water partition coefficient (Wildman–Crippen LogP) is 3.80. The second-order valence-corrected chi connectivity index (χ2v) is 5.61. The van der Waals surface area contributed by atoms with Crippen LogP contribution >= 0.6 is 11.6 Å². The van der Waals surface area contributed by atoms with Gasteiger partial charge in [-0.15, -0.1) is 0 Å². The number of rotatable bonds is 4. The lowest BCUT2D eigenvalue weighted by molar-refractivity contribution is 0.141. The molecule has 3 rings (SSSR count). The van der Waals surface area contributed by atoms with E-state index in [0.717, 1.165) is 29.9 Å². The van der Waals surface area contributed by atoms with Gasteiger partial charge >= 0.3 is 0 Å². The standard InChI is InChI=1S/C17H17ClO3/c18-17-6-3-14(19)10-13(17)9-12-1-4-15(5-2-12)21-16-7-8-20-11-16/h1-6,10,16,19H,7-9,11H2/t16-/m0/s1. The monoisotopic (exact) mass is 304 g/mol. The van der Waals surface area contributed by atoms with Gasteiger partial charge in [0, 0.05) is 11.4 Å². The second kappa shape index (κ2) is 6.37. The van der Waals surface area contributed by atoms with Crippen LogP contribution in [0.4, 0.5) is 0 Å². The topological polar surface area (TPSA) is 38.7 Å². The molecule has 1 fully saturated rings. The number of phenolic OH excluding ortho intramolecular Hbond substituents is 1. The fourth-order valence-electron chi connectivity index (χ4n) is 2.40. The molecule has 1 heterocycles. The normalized spacial score (nSPS) is 17.9. The van der Waals surface area contributed by atoms with Crippen LogP contribution in [0.5, 0.6) is 11.5 Å². The molecule has 1 aliphatic rings. The van der Waals surface area contributed by atoms with Crippen molar-refractivity contribution in [3.8, 4) is 11.5 Å². The minimum absolute atomic E-state index is 0.163. The highest BCUT2D eigenvalue weighted by Gasteiger charge is 2.16. The zero-order valence-electron chi connectivity index (χ0n) is 11.6. The molecule has 0 amide bonds. The molecule has 0 unspecified atom stereocenters. The van der Waals surface area contributed by atoms with Gasteiger partial charge in [0.25, 0.3) is 0 Å². The lowest BCUT2D eigenvalue weighted by Gasteiger charge is -2.12. The van der Waals surface area contributed by atoms with Crippen molar-refractivity contribution in [2.75, 3.05) is 13.2 Å². The minimum Gasteiger partial charge on any atom is -0.508 e. The van der Waals surface area contributed by atoms with E-state index in [1.165, 1.54) is 0 Å². The highest BCUT2D eigenvalue weighted by atomic mass is 35.5. The van der Waals surface area contributed by atoms with E-state index in [4.69, 9.17) is 21.1 Å². The second-order valence-electron chi connectivity index (χ2n) is 5.20. The average Bonchev–Trinajstić information content (AvgIpc) is 2.98. The van der Waals surface area contributed by atoms with Crippen LogP contribution in [0, 0.1) is 0 Å². The lowest BCUT2D eigenvalue weighted by atomic mass is 10.0. The molecular formula is C17H17ClO3. The molecule has 2 aromatic carbocycles. The van der Waals surface area contributed by atoms with E-state index < -0.39 is 0 Å². The van der Waals surface area contributed by atoms with Gasteiger partial charge in [-0.25, -0.2) is 0 Å².